The van der Waals surface area contributed by atoms with Gasteiger partial charge in [-0.2, -0.15) is 5.10 Å². The number of para-hydroxylation sites is 2. The normalized spacial score (nSPS) is 10.6. The average Bonchev–Trinajstić information content (AvgIpc) is 2.75. The topological polar surface area (TPSA) is 71.9 Å². The number of ether oxygens (including phenoxy) is 2. The number of hydrazone groups is 1. The molecule has 0 spiro atoms. The van der Waals surface area contributed by atoms with Gasteiger partial charge in [0.25, 0.3) is 5.91 Å². The van der Waals surface area contributed by atoms with Crippen LogP contribution in [0.3, 0.4) is 0 Å². The minimum absolute atomic E-state index is 0.117. The van der Waals surface area contributed by atoms with Gasteiger partial charge in [0.2, 0.25) is 0 Å². The van der Waals surface area contributed by atoms with Crippen molar-refractivity contribution in [3.8, 4) is 11.5 Å². The molecule has 1 amide bonds. The van der Waals surface area contributed by atoms with Crippen LogP contribution < -0.4 is 20.2 Å². The van der Waals surface area contributed by atoms with Crippen LogP contribution in [-0.2, 0) is 4.79 Å². The monoisotopic (exact) mass is 515 g/mol. The lowest BCUT2D eigenvalue weighted by Crippen LogP contribution is -2.20. The predicted molar refractivity (Wildman–Crippen MR) is 129 cm³/mol. The smallest absolute Gasteiger partial charge is 0.262 e. The molecule has 30 heavy (non-hydrogen) atoms. The van der Waals surface area contributed by atoms with Gasteiger partial charge in [-0.15, -0.1) is 0 Å². The van der Waals surface area contributed by atoms with Crippen molar-refractivity contribution in [2.75, 3.05) is 24.0 Å². The molecule has 0 fully saturated rings. The Morgan fingerprint density at radius 2 is 1.67 bits per heavy atom. The molecule has 0 aliphatic rings. The molecule has 0 radical (unpaired) electrons. The van der Waals surface area contributed by atoms with Crippen molar-refractivity contribution in [1.29, 1.82) is 0 Å². The summed E-state index contributed by atoms with van der Waals surface area (Å²) in [6, 6.07) is 22.7. The van der Waals surface area contributed by atoms with Gasteiger partial charge in [-0.25, -0.2) is 0 Å². The fourth-order valence-electron chi connectivity index (χ4n) is 2.62. The van der Waals surface area contributed by atoms with E-state index >= 15 is 0 Å². The highest BCUT2D eigenvalue weighted by molar-refractivity contribution is 14.1. The van der Waals surface area contributed by atoms with Gasteiger partial charge in [-0.3, -0.25) is 10.2 Å². The molecule has 0 saturated carbocycles. The fourth-order valence-corrected chi connectivity index (χ4v) is 3.40. The molecule has 3 rings (SSSR count). The van der Waals surface area contributed by atoms with Crippen molar-refractivity contribution in [3.63, 3.8) is 0 Å². The van der Waals surface area contributed by atoms with E-state index in [0.717, 1.165) is 20.5 Å². The summed E-state index contributed by atoms with van der Waals surface area (Å²) in [5, 5.41) is 7.07. The van der Waals surface area contributed by atoms with Crippen LogP contribution in [0.5, 0.6) is 11.5 Å². The molecule has 6 nitrogen and oxygen atoms in total. The highest BCUT2D eigenvalue weighted by Crippen LogP contribution is 2.34. The number of halogens is 1. The second-order valence-corrected chi connectivity index (χ2v) is 7.36. The Morgan fingerprint density at radius 3 is 2.33 bits per heavy atom. The third-order valence-corrected chi connectivity index (χ3v) is 4.72. The molecule has 0 heterocycles. The summed E-state index contributed by atoms with van der Waals surface area (Å²) in [4.78, 5) is 12.2. The van der Waals surface area contributed by atoms with Crippen molar-refractivity contribution in [3.05, 3.63) is 81.9 Å². The maximum atomic E-state index is 12.2. The summed E-state index contributed by atoms with van der Waals surface area (Å²) in [6.07, 6.45) is 1.71. The molecule has 3 aromatic carbocycles. The van der Waals surface area contributed by atoms with E-state index < -0.39 is 0 Å². The van der Waals surface area contributed by atoms with Crippen molar-refractivity contribution in [2.24, 2.45) is 5.10 Å². The Labute approximate surface area is 189 Å². The summed E-state index contributed by atoms with van der Waals surface area (Å²) >= 11 is 2.17. The largest absolute Gasteiger partial charge is 0.490 e. The van der Waals surface area contributed by atoms with Gasteiger partial charge in [-0.1, -0.05) is 36.4 Å². The number of hydrogen-bond acceptors (Lipinski definition) is 5. The summed E-state index contributed by atoms with van der Waals surface area (Å²) in [5.41, 5.74) is 5.46. The van der Waals surface area contributed by atoms with Crippen LogP contribution in [0.1, 0.15) is 12.5 Å². The minimum Gasteiger partial charge on any atom is -0.490 e. The second-order valence-electron chi connectivity index (χ2n) is 6.20. The molecule has 154 valence electrons. The maximum Gasteiger partial charge on any atom is 0.262 e. The molecule has 0 aliphatic heterocycles. The molecule has 0 unspecified atom stereocenters. The SMILES string of the molecule is CCOc1cc(C=NNc2ccccc2)cc(I)c1OCC(=O)Nc1ccccc1. The van der Waals surface area contributed by atoms with Crippen molar-refractivity contribution < 1.29 is 14.3 Å². The van der Waals surface area contributed by atoms with Crippen LogP contribution in [0.25, 0.3) is 0 Å². The van der Waals surface area contributed by atoms with Crippen LogP contribution >= 0.6 is 22.6 Å². The van der Waals surface area contributed by atoms with Crippen molar-refractivity contribution in [2.45, 2.75) is 6.92 Å². The van der Waals surface area contributed by atoms with E-state index in [4.69, 9.17) is 9.47 Å². The highest BCUT2D eigenvalue weighted by atomic mass is 127. The zero-order chi connectivity index (χ0) is 21.2. The first kappa shape index (κ1) is 21.6. The molecule has 7 heteroatoms. The van der Waals surface area contributed by atoms with Crippen LogP contribution in [0, 0.1) is 3.57 Å². The highest BCUT2D eigenvalue weighted by Gasteiger charge is 2.14. The summed E-state index contributed by atoms with van der Waals surface area (Å²) in [7, 11) is 0. The molecule has 2 N–H and O–H groups in total. The maximum absolute atomic E-state index is 12.2. The van der Waals surface area contributed by atoms with Crippen molar-refractivity contribution in [1.82, 2.24) is 0 Å². The number of nitrogens with one attached hydrogen (secondary N) is 2. The standard InChI is InChI=1S/C23H22IN3O3/c1-2-29-21-14-17(15-25-27-19-11-7-4-8-12-19)13-20(24)23(21)30-16-22(28)26-18-9-5-3-6-10-18/h3-15,27H,2,16H2,1H3,(H,26,28). The number of rotatable bonds is 9. The van der Waals surface area contributed by atoms with Gasteiger partial charge >= 0.3 is 0 Å². The van der Waals surface area contributed by atoms with E-state index in [1.165, 1.54) is 0 Å². The van der Waals surface area contributed by atoms with Gasteiger partial charge in [-0.05, 0) is 71.5 Å². The number of amides is 1. The van der Waals surface area contributed by atoms with E-state index in [-0.39, 0.29) is 12.5 Å². The zero-order valence-corrected chi connectivity index (χ0v) is 18.6. The third-order valence-electron chi connectivity index (χ3n) is 3.92. The molecular formula is C23H22IN3O3. The van der Waals surface area contributed by atoms with E-state index in [2.05, 4.69) is 38.4 Å². The number of carbonyl (C=O) groups excluding carboxylic acids is 1. The van der Waals surface area contributed by atoms with Crippen LogP contribution in [0.15, 0.2) is 77.9 Å². The first-order valence-electron chi connectivity index (χ1n) is 9.44. The predicted octanol–water partition coefficient (Wildman–Crippen LogP) is 5.15. The van der Waals surface area contributed by atoms with Gasteiger partial charge < -0.3 is 14.8 Å². The van der Waals surface area contributed by atoms with Gasteiger partial charge in [0.05, 0.1) is 22.1 Å². The Bertz CT molecular complexity index is 995. The lowest BCUT2D eigenvalue weighted by Gasteiger charge is -2.14. The quantitative estimate of drug-likeness (QED) is 0.235. The molecule has 0 aromatic heterocycles. The minimum atomic E-state index is -0.239. The third kappa shape index (κ3) is 6.48. The Hall–Kier alpha value is -3.07. The van der Waals surface area contributed by atoms with Gasteiger partial charge in [0, 0.05) is 5.69 Å². The Balaban J connectivity index is 1.67. The first-order chi connectivity index (χ1) is 14.7. The average molecular weight is 515 g/mol. The fraction of sp³-hybridized carbons (Fsp3) is 0.130. The molecule has 0 bridgehead atoms. The summed E-state index contributed by atoms with van der Waals surface area (Å²) < 4.78 is 12.3. The van der Waals surface area contributed by atoms with Gasteiger partial charge in [0.15, 0.2) is 18.1 Å². The number of benzene rings is 3. The van der Waals surface area contributed by atoms with Gasteiger partial charge in [0.1, 0.15) is 0 Å². The number of carbonyl (C=O) groups is 1. The zero-order valence-electron chi connectivity index (χ0n) is 16.5. The number of hydrogen-bond donors (Lipinski definition) is 2. The molecule has 3 aromatic rings. The summed E-state index contributed by atoms with van der Waals surface area (Å²) in [5.74, 6) is 0.865. The first-order valence-corrected chi connectivity index (χ1v) is 10.5. The lowest BCUT2D eigenvalue weighted by atomic mass is 10.2. The van der Waals surface area contributed by atoms with E-state index in [0.29, 0.717) is 18.1 Å². The molecule has 0 atom stereocenters. The number of nitrogens with zero attached hydrogens (tertiary/aromatic N) is 1. The van der Waals surface area contributed by atoms with Crippen LogP contribution in [0.4, 0.5) is 11.4 Å². The molecular weight excluding hydrogens is 493 g/mol. The summed E-state index contributed by atoms with van der Waals surface area (Å²) in [6.45, 7) is 2.26. The second kappa shape index (κ2) is 11.2. The lowest BCUT2D eigenvalue weighted by molar-refractivity contribution is -0.118. The van der Waals surface area contributed by atoms with Crippen molar-refractivity contribution >= 4 is 46.1 Å². The van der Waals surface area contributed by atoms with E-state index in [1.54, 1.807) is 6.21 Å². The molecule has 0 aliphatic carbocycles. The van der Waals surface area contributed by atoms with Crippen LogP contribution in [-0.4, -0.2) is 25.3 Å². The van der Waals surface area contributed by atoms with E-state index in [1.807, 2.05) is 79.7 Å². The Morgan fingerprint density at radius 1 is 1.00 bits per heavy atom. The van der Waals surface area contributed by atoms with E-state index in [9.17, 15) is 4.79 Å². The number of anilines is 2. The van der Waals surface area contributed by atoms with Crippen LogP contribution in [0.2, 0.25) is 0 Å². The molecule has 0 saturated heterocycles. The Kier molecular flexibility index (Phi) is 8.08.